The Hall–Kier alpha value is -2.89. The van der Waals surface area contributed by atoms with Crippen LogP contribution in [-0.2, 0) is 0 Å². The van der Waals surface area contributed by atoms with Gasteiger partial charge in [-0.3, -0.25) is 15.2 Å². The molecule has 0 fully saturated rings. The lowest BCUT2D eigenvalue weighted by molar-refractivity contribution is 0.0947. The first-order valence-electron chi connectivity index (χ1n) is 7.01. The van der Waals surface area contributed by atoms with Crippen molar-refractivity contribution in [2.45, 2.75) is 0 Å². The number of nitrogens with one attached hydrogen (secondary N) is 1. The standard InChI is InChI=1S/C17H20N2O4/c1-19(12-8-6-5-7-9-12)18-17(20)13-10-11-14(21-2)16(23-4)15(13)22-3/h5-11H,1-4H3,(H,18,20). The highest BCUT2D eigenvalue weighted by Crippen LogP contribution is 2.39. The predicted molar refractivity (Wildman–Crippen MR) is 88.4 cm³/mol. The number of methoxy groups -OCH3 is 3. The molecule has 0 aliphatic carbocycles. The second-order valence-electron chi connectivity index (χ2n) is 4.72. The van der Waals surface area contributed by atoms with E-state index in [9.17, 15) is 4.79 Å². The maximum Gasteiger partial charge on any atom is 0.273 e. The van der Waals surface area contributed by atoms with E-state index < -0.39 is 0 Å². The molecule has 0 heterocycles. The van der Waals surface area contributed by atoms with Crippen LogP contribution in [0.25, 0.3) is 0 Å². The van der Waals surface area contributed by atoms with Gasteiger partial charge in [-0.05, 0) is 24.3 Å². The maximum atomic E-state index is 12.5. The molecule has 1 amide bonds. The minimum absolute atomic E-state index is 0.311. The molecule has 6 heteroatoms. The molecule has 2 aromatic rings. The molecule has 0 aliphatic heterocycles. The number of ether oxygens (including phenoxy) is 3. The number of carbonyl (C=O) groups excluding carboxylic acids is 1. The van der Waals surface area contributed by atoms with E-state index in [0.29, 0.717) is 22.8 Å². The molecule has 0 spiro atoms. The number of benzene rings is 2. The summed E-state index contributed by atoms with van der Waals surface area (Å²) in [5.41, 5.74) is 4.01. The number of amides is 1. The summed E-state index contributed by atoms with van der Waals surface area (Å²) in [6.07, 6.45) is 0. The van der Waals surface area contributed by atoms with E-state index in [1.54, 1.807) is 24.2 Å². The molecule has 6 nitrogen and oxygen atoms in total. The minimum atomic E-state index is -0.311. The molecule has 1 N–H and O–H groups in total. The summed E-state index contributed by atoms with van der Waals surface area (Å²) in [5.74, 6) is 0.891. The zero-order valence-corrected chi connectivity index (χ0v) is 13.6. The van der Waals surface area contributed by atoms with E-state index in [-0.39, 0.29) is 5.91 Å². The fourth-order valence-corrected chi connectivity index (χ4v) is 2.21. The third-order valence-electron chi connectivity index (χ3n) is 3.36. The fraction of sp³-hybridized carbons (Fsp3) is 0.235. The number of carbonyl (C=O) groups is 1. The van der Waals surface area contributed by atoms with Crippen molar-refractivity contribution in [3.05, 3.63) is 48.0 Å². The van der Waals surface area contributed by atoms with Gasteiger partial charge >= 0.3 is 0 Å². The smallest absolute Gasteiger partial charge is 0.273 e. The second kappa shape index (κ2) is 7.40. The van der Waals surface area contributed by atoms with Crippen LogP contribution in [0, 0.1) is 0 Å². The van der Waals surface area contributed by atoms with Gasteiger partial charge in [0.15, 0.2) is 11.5 Å². The quantitative estimate of drug-likeness (QED) is 0.830. The lowest BCUT2D eigenvalue weighted by Gasteiger charge is -2.21. The molecule has 0 bridgehead atoms. The summed E-state index contributed by atoms with van der Waals surface area (Å²) in [5, 5.41) is 1.64. The minimum Gasteiger partial charge on any atom is -0.493 e. The van der Waals surface area contributed by atoms with E-state index in [2.05, 4.69) is 5.43 Å². The van der Waals surface area contributed by atoms with Crippen molar-refractivity contribution < 1.29 is 19.0 Å². The van der Waals surface area contributed by atoms with Crippen molar-refractivity contribution in [2.75, 3.05) is 33.4 Å². The molecule has 23 heavy (non-hydrogen) atoms. The predicted octanol–water partition coefficient (Wildman–Crippen LogP) is 2.49. The topological polar surface area (TPSA) is 60.0 Å². The van der Waals surface area contributed by atoms with Crippen molar-refractivity contribution >= 4 is 11.6 Å². The van der Waals surface area contributed by atoms with Gasteiger partial charge in [0.1, 0.15) is 0 Å². The van der Waals surface area contributed by atoms with Crippen molar-refractivity contribution in [1.29, 1.82) is 0 Å². The number of hydrogen-bond acceptors (Lipinski definition) is 5. The molecule has 0 radical (unpaired) electrons. The number of anilines is 1. The van der Waals surface area contributed by atoms with Crippen LogP contribution >= 0.6 is 0 Å². The number of nitrogens with zero attached hydrogens (tertiary/aromatic N) is 1. The average molecular weight is 316 g/mol. The van der Waals surface area contributed by atoms with Gasteiger partial charge in [0.05, 0.1) is 32.6 Å². The van der Waals surface area contributed by atoms with E-state index >= 15 is 0 Å². The summed E-state index contributed by atoms with van der Waals surface area (Å²) >= 11 is 0. The zero-order chi connectivity index (χ0) is 16.8. The summed E-state index contributed by atoms with van der Waals surface area (Å²) < 4.78 is 15.8. The van der Waals surface area contributed by atoms with E-state index in [1.165, 1.54) is 21.3 Å². The third-order valence-corrected chi connectivity index (χ3v) is 3.36. The van der Waals surface area contributed by atoms with E-state index in [4.69, 9.17) is 14.2 Å². The molecule has 2 rings (SSSR count). The van der Waals surface area contributed by atoms with Crippen LogP contribution in [0.3, 0.4) is 0 Å². The number of para-hydroxylation sites is 1. The van der Waals surface area contributed by atoms with Gasteiger partial charge in [-0.15, -0.1) is 0 Å². The van der Waals surface area contributed by atoms with Crippen molar-refractivity contribution in [2.24, 2.45) is 0 Å². The Morgan fingerprint density at radius 3 is 2.13 bits per heavy atom. The van der Waals surface area contributed by atoms with Gasteiger partial charge in [-0.1, -0.05) is 18.2 Å². The number of rotatable bonds is 6. The molecule has 0 aliphatic rings. The van der Waals surface area contributed by atoms with Gasteiger partial charge in [0.25, 0.3) is 5.91 Å². The molecular weight excluding hydrogens is 296 g/mol. The van der Waals surface area contributed by atoms with Crippen LogP contribution < -0.4 is 24.6 Å². The summed E-state index contributed by atoms with van der Waals surface area (Å²) in [6.45, 7) is 0. The SMILES string of the molecule is COc1ccc(C(=O)NN(C)c2ccccc2)c(OC)c1OC. The van der Waals surface area contributed by atoms with Gasteiger partial charge < -0.3 is 14.2 Å². The Balaban J connectivity index is 2.29. The van der Waals surface area contributed by atoms with Crippen LogP contribution in [-0.4, -0.2) is 34.3 Å². The highest BCUT2D eigenvalue weighted by molar-refractivity contribution is 5.99. The summed E-state index contributed by atoms with van der Waals surface area (Å²) in [6, 6.07) is 12.8. The number of hydrazine groups is 1. The third kappa shape index (κ3) is 3.48. The highest BCUT2D eigenvalue weighted by atomic mass is 16.5. The Morgan fingerprint density at radius 1 is 0.913 bits per heavy atom. The summed E-state index contributed by atoms with van der Waals surface area (Å²) in [7, 11) is 6.27. The van der Waals surface area contributed by atoms with Crippen molar-refractivity contribution in [1.82, 2.24) is 5.43 Å². The van der Waals surface area contributed by atoms with Crippen molar-refractivity contribution in [3.63, 3.8) is 0 Å². The van der Waals surface area contributed by atoms with Crippen molar-refractivity contribution in [3.8, 4) is 17.2 Å². The Kier molecular flexibility index (Phi) is 5.30. The highest BCUT2D eigenvalue weighted by Gasteiger charge is 2.21. The lowest BCUT2D eigenvalue weighted by Crippen LogP contribution is -2.39. The Morgan fingerprint density at radius 2 is 1.57 bits per heavy atom. The molecule has 0 atom stereocenters. The fourth-order valence-electron chi connectivity index (χ4n) is 2.21. The molecule has 2 aromatic carbocycles. The van der Waals surface area contributed by atoms with Crippen LogP contribution in [0.4, 0.5) is 5.69 Å². The first-order chi connectivity index (χ1) is 11.1. The van der Waals surface area contributed by atoms with Gasteiger partial charge in [0, 0.05) is 7.05 Å². The largest absolute Gasteiger partial charge is 0.493 e. The van der Waals surface area contributed by atoms with Crippen LogP contribution in [0.15, 0.2) is 42.5 Å². The normalized spacial score (nSPS) is 9.91. The first kappa shape index (κ1) is 16.5. The molecular formula is C17H20N2O4. The Bertz CT molecular complexity index is 674. The second-order valence-corrected chi connectivity index (χ2v) is 4.72. The average Bonchev–Trinajstić information content (AvgIpc) is 2.60. The number of hydrogen-bond donors (Lipinski definition) is 1. The molecule has 0 unspecified atom stereocenters. The van der Waals surface area contributed by atoms with Gasteiger partial charge in [-0.2, -0.15) is 0 Å². The first-order valence-corrected chi connectivity index (χ1v) is 7.01. The van der Waals surface area contributed by atoms with Gasteiger partial charge in [-0.25, -0.2) is 0 Å². The monoisotopic (exact) mass is 316 g/mol. The Labute approximate surface area is 135 Å². The van der Waals surface area contributed by atoms with E-state index in [1.807, 2.05) is 30.3 Å². The van der Waals surface area contributed by atoms with Crippen LogP contribution in [0.5, 0.6) is 17.2 Å². The molecule has 0 saturated carbocycles. The molecule has 0 aromatic heterocycles. The lowest BCUT2D eigenvalue weighted by atomic mass is 10.1. The molecule has 122 valence electrons. The van der Waals surface area contributed by atoms with E-state index in [0.717, 1.165) is 5.69 Å². The summed E-state index contributed by atoms with van der Waals surface area (Å²) in [4.78, 5) is 12.5. The van der Waals surface area contributed by atoms with Crippen LogP contribution in [0.1, 0.15) is 10.4 Å². The molecule has 0 saturated heterocycles. The maximum absolute atomic E-state index is 12.5. The van der Waals surface area contributed by atoms with Gasteiger partial charge in [0.2, 0.25) is 5.75 Å². The van der Waals surface area contributed by atoms with Crippen LogP contribution in [0.2, 0.25) is 0 Å². The zero-order valence-electron chi connectivity index (χ0n) is 13.6.